The van der Waals surface area contributed by atoms with Crippen LogP contribution in [0, 0.1) is 0 Å². The molecule has 0 saturated carbocycles. The van der Waals surface area contributed by atoms with Crippen LogP contribution >= 0.6 is 34.5 Å². The number of anilines is 1. The zero-order valence-electron chi connectivity index (χ0n) is 21.6. The Hall–Kier alpha value is -2.91. The van der Waals surface area contributed by atoms with Crippen LogP contribution in [-0.2, 0) is 9.53 Å². The zero-order valence-corrected chi connectivity index (χ0v) is 24.0. The third-order valence-corrected chi connectivity index (χ3v) is 7.09. The average Bonchev–Trinajstić information content (AvgIpc) is 3.35. The summed E-state index contributed by atoms with van der Waals surface area (Å²) >= 11 is 13.9. The maximum Gasteiger partial charge on any atom is 0.331 e. The van der Waals surface area contributed by atoms with Crippen LogP contribution in [0.5, 0.6) is 5.75 Å². The fourth-order valence-corrected chi connectivity index (χ4v) is 5.15. The monoisotopic (exact) mass is 576 g/mol. The molecular formula is C28H30Cl2N2O5S. The Morgan fingerprint density at radius 1 is 1.18 bits per heavy atom. The van der Waals surface area contributed by atoms with Crippen LogP contribution in [0.25, 0.3) is 17.3 Å². The summed E-state index contributed by atoms with van der Waals surface area (Å²) in [5, 5.41) is 14.5. The molecule has 202 valence electrons. The molecule has 2 aromatic carbocycles. The number of carbonyl (C=O) groups excluding carboxylic acids is 1. The molecule has 0 unspecified atom stereocenters. The number of nitrogens with zero attached hydrogens (tertiary/aromatic N) is 1. The molecule has 1 heterocycles. The van der Waals surface area contributed by atoms with Gasteiger partial charge in [-0.3, -0.25) is 10.1 Å². The minimum Gasteiger partial charge on any atom is -0.496 e. The molecule has 10 heteroatoms. The first-order chi connectivity index (χ1) is 18.2. The van der Waals surface area contributed by atoms with Crippen molar-refractivity contribution in [3.8, 4) is 17.0 Å². The van der Waals surface area contributed by atoms with Gasteiger partial charge in [0.05, 0.1) is 29.0 Å². The first kappa shape index (κ1) is 29.6. The Morgan fingerprint density at radius 2 is 1.89 bits per heavy atom. The van der Waals surface area contributed by atoms with Crippen molar-refractivity contribution < 1.29 is 24.2 Å². The van der Waals surface area contributed by atoms with Gasteiger partial charge in [0.2, 0.25) is 0 Å². The van der Waals surface area contributed by atoms with E-state index in [0.717, 1.165) is 30.4 Å². The van der Waals surface area contributed by atoms with E-state index in [1.54, 1.807) is 7.11 Å². The van der Waals surface area contributed by atoms with Gasteiger partial charge in [-0.15, -0.1) is 11.3 Å². The Balaban J connectivity index is 1.86. The highest BCUT2D eigenvalue weighted by atomic mass is 35.5. The molecular weight excluding hydrogens is 547 g/mol. The number of rotatable bonds is 12. The number of carboxylic acid groups (broad SMARTS) is 1. The molecule has 3 aromatic rings. The lowest BCUT2D eigenvalue weighted by Gasteiger charge is -2.21. The second-order valence-corrected chi connectivity index (χ2v) is 10.2. The maximum atomic E-state index is 12.9. The molecule has 3 rings (SSSR count). The summed E-state index contributed by atoms with van der Waals surface area (Å²) in [6.07, 6.45) is 4.04. The SMILES string of the molecule is CCCO[C@@H](CCC)c1cccc(-c2csc(NC(=O)c3cc(Cl)c(/C=C(\C)C(=O)O)c(Cl)c3)n2)c1OC. The van der Waals surface area contributed by atoms with Crippen molar-refractivity contribution >= 4 is 57.6 Å². The normalized spacial score (nSPS) is 12.3. The third kappa shape index (κ3) is 7.14. The van der Waals surface area contributed by atoms with E-state index >= 15 is 0 Å². The molecule has 0 fully saturated rings. The van der Waals surface area contributed by atoms with Crippen molar-refractivity contribution in [2.24, 2.45) is 0 Å². The fraction of sp³-hybridized carbons (Fsp3) is 0.321. The molecule has 0 spiro atoms. The average molecular weight is 578 g/mol. The van der Waals surface area contributed by atoms with E-state index in [4.69, 9.17) is 37.8 Å². The smallest absolute Gasteiger partial charge is 0.331 e. The number of carboxylic acids is 1. The van der Waals surface area contributed by atoms with E-state index in [9.17, 15) is 9.59 Å². The van der Waals surface area contributed by atoms with Crippen molar-refractivity contribution in [1.29, 1.82) is 0 Å². The number of para-hydroxylation sites is 1. The van der Waals surface area contributed by atoms with Gasteiger partial charge in [0.15, 0.2) is 5.13 Å². The summed E-state index contributed by atoms with van der Waals surface area (Å²) in [6, 6.07) is 8.77. The van der Waals surface area contributed by atoms with Crippen LogP contribution in [0.4, 0.5) is 5.13 Å². The van der Waals surface area contributed by atoms with Gasteiger partial charge in [-0.25, -0.2) is 9.78 Å². The van der Waals surface area contributed by atoms with Crippen LogP contribution in [0.15, 0.2) is 41.3 Å². The van der Waals surface area contributed by atoms with Gasteiger partial charge in [-0.05, 0) is 44.0 Å². The molecule has 0 aliphatic carbocycles. The second kappa shape index (κ2) is 13.8. The summed E-state index contributed by atoms with van der Waals surface area (Å²) in [5.74, 6) is -0.837. The first-order valence-electron chi connectivity index (χ1n) is 12.2. The molecule has 38 heavy (non-hydrogen) atoms. The summed E-state index contributed by atoms with van der Waals surface area (Å²) < 4.78 is 11.9. The van der Waals surface area contributed by atoms with Gasteiger partial charge in [-0.1, -0.05) is 55.6 Å². The van der Waals surface area contributed by atoms with Crippen LogP contribution in [-0.4, -0.2) is 35.7 Å². The Kier molecular flexibility index (Phi) is 10.7. The predicted molar refractivity (Wildman–Crippen MR) is 154 cm³/mol. The number of halogens is 2. The number of aromatic nitrogens is 1. The van der Waals surface area contributed by atoms with E-state index < -0.39 is 11.9 Å². The van der Waals surface area contributed by atoms with Gasteiger partial charge in [0.1, 0.15) is 5.75 Å². The number of hydrogen-bond donors (Lipinski definition) is 2. The Labute approximate surface area is 236 Å². The molecule has 1 atom stereocenters. The van der Waals surface area contributed by atoms with Crippen molar-refractivity contribution in [2.75, 3.05) is 19.0 Å². The zero-order chi connectivity index (χ0) is 27.8. The van der Waals surface area contributed by atoms with Gasteiger partial charge in [0.25, 0.3) is 5.91 Å². The lowest BCUT2D eigenvalue weighted by atomic mass is 9.99. The maximum absolute atomic E-state index is 12.9. The van der Waals surface area contributed by atoms with Crippen LogP contribution in [0.2, 0.25) is 10.0 Å². The second-order valence-electron chi connectivity index (χ2n) is 8.55. The number of benzene rings is 2. The third-order valence-electron chi connectivity index (χ3n) is 5.71. The van der Waals surface area contributed by atoms with Crippen molar-refractivity contribution in [3.63, 3.8) is 0 Å². The molecule has 0 bridgehead atoms. The lowest BCUT2D eigenvalue weighted by Crippen LogP contribution is -2.12. The molecule has 0 aliphatic rings. The molecule has 0 radical (unpaired) electrons. The van der Waals surface area contributed by atoms with Crippen LogP contribution < -0.4 is 10.1 Å². The number of ether oxygens (including phenoxy) is 2. The van der Waals surface area contributed by atoms with Crippen molar-refractivity contribution in [2.45, 2.75) is 46.1 Å². The molecule has 2 N–H and O–H groups in total. The summed E-state index contributed by atoms with van der Waals surface area (Å²) in [6.45, 7) is 6.29. The quantitative estimate of drug-likeness (QED) is 0.211. The summed E-state index contributed by atoms with van der Waals surface area (Å²) in [4.78, 5) is 28.7. The molecule has 7 nitrogen and oxygen atoms in total. The van der Waals surface area contributed by atoms with Crippen molar-refractivity contribution in [3.05, 3.63) is 68.0 Å². The topological polar surface area (TPSA) is 97.8 Å². The molecule has 1 aromatic heterocycles. The van der Waals surface area contributed by atoms with E-state index in [1.165, 1.54) is 36.5 Å². The van der Waals surface area contributed by atoms with Gasteiger partial charge in [0, 0.05) is 39.8 Å². The molecule has 0 aliphatic heterocycles. The molecule has 0 saturated heterocycles. The lowest BCUT2D eigenvalue weighted by molar-refractivity contribution is -0.132. The van der Waals surface area contributed by atoms with Gasteiger partial charge < -0.3 is 14.6 Å². The number of hydrogen-bond acceptors (Lipinski definition) is 6. The molecule has 1 amide bonds. The largest absolute Gasteiger partial charge is 0.496 e. The number of carbonyl (C=O) groups is 2. The van der Waals surface area contributed by atoms with E-state index in [0.29, 0.717) is 28.7 Å². The standard InChI is InChI=1S/C28H30Cl2N2O5S/c1-5-8-24(37-11-6-2)19-10-7-9-18(25(19)36-4)23-15-38-28(31-23)32-26(33)17-13-21(29)20(22(30)14-17)12-16(3)27(34)35/h7,9-10,12-15,24H,5-6,8,11H2,1-4H3,(H,34,35)(H,31,32,33)/b16-12+/t24-/m0/s1. The van der Waals surface area contributed by atoms with E-state index in [-0.39, 0.29) is 27.3 Å². The minimum absolute atomic E-state index is 0.0683. The fourth-order valence-electron chi connectivity index (χ4n) is 3.84. The highest BCUT2D eigenvalue weighted by Gasteiger charge is 2.21. The van der Waals surface area contributed by atoms with Crippen molar-refractivity contribution in [1.82, 2.24) is 4.98 Å². The number of nitrogens with one attached hydrogen (secondary N) is 1. The first-order valence-corrected chi connectivity index (χ1v) is 13.8. The highest BCUT2D eigenvalue weighted by molar-refractivity contribution is 7.14. The summed E-state index contributed by atoms with van der Waals surface area (Å²) in [7, 11) is 1.63. The van der Waals surface area contributed by atoms with E-state index in [1.807, 2.05) is 23.6 Å². The number of methoxy groups -OCH3 is 1. The Morgan fingerprint density at radius 3 is 2.50 bits per heavy atom. The number of thiazole rings is 1. The summed E-state index contributed by atoms with van der Waals surface area (Å²) in [5.41, 5.74) is 3.05. The van der Waals surface area contributed by atoms with E-state index in [2.05, 4.69) is 24.1 Å². The van der Waals surface area contributed by atoms with Gasteiger partial charge in [-0.2, -0.15) is 0 Å². The number of aliphatic carboxylic acids is 1. The van der Waals surface area contributed by atoms with Gasteiger partial charge >= 0.3 is 5.97 Å². The Bertz CT molecular complexity index is 1320. The van der Waals surface area contributed by atoms with Crippen LogP contribution in [0.3, 0.4) is 0 Å². The highest BCUT2D eigenvalue weighted by Crippen LogP contribution is 2.40. The van der Waals surface area contributed by atoms with Crippen LogP contribution in [0.1, 0.15) is 67.6 Å². The minimum atomic E-state index is -1.09. The number of amides is 1. The predicted octanol–water partition coefficient (Wildman–Crippen LogP) is 8.13.